The average molecular weight is 238 g/mol. The molecular weight excluding hydrogens is 208 g/mol. The van der Waals surface area contributed by atoms with E-state index >= 15 is 0 Å². The minimum absolute atomic E-state index is 0.753. The van der Waals surface area contributed by atoms with Gasteiger partial charge in [-0.2, -0.15) is 0 Å². The van der Waals surface area contributed by atoms with E-state index in [1.165, 1.54) is 38.8 Å². The van der Waals surface area contributed by atoms with Crippen LogP contribution in [0.3, 0.4) is 0 Å². The first-order valence-corrected chi connectivity index (χ1v) is 7.54. The summed E-state index contributed by atoms with van der Waals surface area (Å²) in [5.41, 5.74) is 5.99. The first kappa shape index (κ1) is 13.4. The average Bonchev–Trinajstić information content (AvgIpc) is 2.27. The lowest BCUT2D eigenvalue weighted by molar-refractivity contribution is 0.0338. The molecule has 0 aromatic carbocycles. The normalized spacial score (nSPS) is 44.8. The zero-order valence-corrected chi connectivity index (χ0v) is 11.9. The topological polar surface area (TPSA) is 29.3 Å². The highest BCUT2D eigenvalue weighted by Crippen LogP contribution is 2.34. The highest BCUT2D eigenvalue weighted by molar-refractivity contribution is 4.89. The van der Waals surface area contributed by atoms with E-state index in [1.54, 1.807) is 0 Å². The Hall–Kier alpha value is -0.0800. The lowest BCUT2D eigenvalue weighted by atomic mass is 9.77. The Morgan fingerprint density at radius 3 is 2.18 bits per heavy atom. The molecule has 0 bridgehead atoms. The predicted octanol–water partition coefficient (Wildman–Crippen LogP) is 2.73. The lowest BCUT2D eigenvalue weighted by Crippen LogP contribution is -2.51. The van der Waals surface area contributed by atoms with Crippen molar-refractivity contribution < 1.29 is 0 Å². The summed E-state index contributed by atoms with van der Waals surface area (Å²) in [5, 5.41) is 0. The maximum absolute atomic E-state index is 5.99. The predicted molar refractivity (Wildman–Crippen MR) is 73.9 cm³/mol. The summed E-state index contributed by atoms with van der Waals surface area (Å²) in [6.45, 7) is 10.7. The number of likely N-dealkylation sites (tertiary alicyclic amines) is 1. The molecule has 1 aliphatic heterocycles. The van der Waals surface area contributed by atoms with Crippen molar-refractivity contribution in [2.45, 2.75) is 52.5 Å². The molecule has 5 unspecified atom stereocenters. The highest BCUT2D eigenvalue weighted by Gasteiger charge is 2.35. The van der Waals surface area contributed by atoms with E-state index in [0.29, 0.717) is 0 Å². The van der Waals surface area contributed by atoms with Gasteiger partial charge in [0.05, 0.1) is 0 Å². The molecule has 0 amide bonds. The molecule has 0 aromatic rings. The molecule has 2 N–H and O–H groups in total. The Labute approximate surface area is 107 Å². The minimum atomic E-state index is 0.753. The fourth-order valence-electron chi connectivity index (χ4n) is 4.12. The van der Waals surface area contributed by atoms with E-state index in [-0.39, 0.29) is 0 Å². The van der Waals surface area contributed by atoms with Crippen molar-refractivity contribution >= 4 is 0 Å². The van der Waals surface area contributed by atoms with Gasteiger partial charge in [-0.25, -0.2) is 0 Å². The summed E-state index contributed by atoms with van der Waals surface area (Å²) < 4.78 is 0. The van der Waals surface area contributed by atoms with Crippen molar-refractivity contribution in [3.8, 4) is 0 Å². The van der Waals surface area contributed by atoms with Gasteiger partial charge in [0.15, 0.2) is 0 Å². The first-order chi connectivity index (χ1) is 8.10. The summed E-state index contributed by atoms with van der Waals surface area (Å²) in [4.78, 5) is 2.77. The molecule has 2 fully saturated rings. The molecule has 2 nitrogen and oxygen atoms in total. The van der Waals surface area contributed by atoms with E-state index in [4.69, 9.17) is 5.73 Å². The van der Waals surface area contributed by atoms with Crippen molar-refractivity contribution in [1.82, 2.24) is 4.90 Å². The molecular formula is C15H30N2. The van der Waals surface area contributed by atoms with Crippen molar-refractivity contribution in [1.29, 1.82) is 0 Å². The molecule has 0 aromatic heterocycles. The molecule has 2 rings (SSSR count). The van der Waals surface area contributed by atoms with Gasteiger partial charge in [-0.15, -0.1) is 0 Å². The number of nitrogens with two attached hydrogens (primary N) is 1. The van der Waals surface area contributed by atoms with Crippen LogP contribution in [-0.4, -0.2) is 30.6 Å². The Morgan fingerprint density at radius 2 is 1.59 bits per heavy atom. The number of nitrogens with zero attached hydrogens (tertiary/aromatic N) is 1. The van der Waals surface area contributed by atoms with Gasteiger partial charge < -0.3 is 5.73 Å². The van der Waals surface area contributed by atoms with Gasteiger partial charge >= 0.3 is 0 Å². The fraction of sp³-hybridized carbons (Fsp3) is 1.00. The van der Waals surface area contributed by atoms with Gasteiger partial charge in [0.2, 0.25) is 0 Å². The second kappa shape index (κ2) is 5.71. The van der Waals surface area contributed by atoms with Crippen LogP contribution in [0.1, 0.15) is 46.5 Å². The van der Waals surface area contributed by atoms with E-state index in [9.17, 15) is 0 Å². The Bertz CT molecular complexity index is 231. The third-order valence-corrected chi connectivity index (χ3v) is 4.89. The van der Waals surface area contributed by atoms with Crippen LogP contribution in [0.25, 0.3) is 0 Å². The smallest absolute Gasteiger partial charge is 0.0138 e. The zero-order chi connectivity index (χ0) is 12.4. The molecule has 5 atom stereocenters. The summed E-state index contributed by atoms with van der Waals surface area (Å²) in [6.07, 6.45) is 5.52. The summed E-state index contributed by atoms with van der Waals surface area (Å²) in [7, 11) is 0. The van der Waals surface area contributed by atoms with Crippen LogP contribution in [0.4, 0.5) is 0 Å². The SMILES string of the molecule is CC1CCC(CN)C(N2CC(C)CC(C)C2)C1. The van der Waals surface area contributed by atoms with Gasteiger partial charge in [0.1, 0.15) is 0 Å². The summed E-state index contributed by atoms with van der Waals surface area (Å²) in [6, 6.07) is 0.772. The van der Waals surface area contributed by atoms with Crippen LogP contribution in [0.2, 0.25) is 0 Å². The number of hydrogen-bond donors (Lipinski definition) is 1. The van der Waals surface area contributed by atoms with Crippen molar-refractivity contribution in [2.24, 2.45) is 29.4 Å². The van der Waals surface area contributed by atoms with Crippen molar-refractivity contribution in [3.63, 3.8) is 0 Å². The first-order valence-electron chi connectivity index (χ1n) is 7.54. The van der Waals surface area contributed by atoms with Crippen LogP contribution in [0, 0.1) is 23.7 Å². The molecule has 1 saturated heterocycles. The zero-order valence-electron chi connectivity index (χ0n) is 11.9. The Balaban J connectivity index is 2.02. The van der Waals surface area contributed by atoms with Gasteiger partial charge in [0.25, 0.3) is 0 Å². The van der Waals surface area contributed by atoms with Gasteiger partial charge in [0, 0.05) is 19.1 Å². The Kier molecular flexibility index (Phi) is 4.48. The van der Waals surface area contributed by atoms with Gasteiger partial charge in [-0.05, 0) is 49.5 Å². The quantitative estimate of drug-likeness (QED) is 0.801. The number of piperidine rings is 1. The van der Waals surface area contributed by atoms with Crippen LogP contribution in [-0.2, 0) is 0 Å². The van der Waals surface area contributed by atoms with Crippen LogP contribution >= 0.6 is 0 Å². The van der Waals surface area contributed by atoms with Crippen molar-refractivity contribution in [3.05, 3.63) is 0 Å². The molecule has 1 saturated carbocycles. The maximum Gasteiger partial charge on any atom is 0.0138 e. The molecule has 0 radical (unpaired) electrons. The third-order valence-electron chi connectivity index (χ3n) is 4.89. The molecule has 1 heterocycles. The van der Waals surface area contributed by atoms with Crippen LogP contribution < -0.4 is 5.73 Å². The number of rotatable bonds is 2. The second-order valence-electron chi connectivity index (χ2n) is 6.88. The molecule has 2 heteroatoms. The van der Waals surface area contributed by atoms with E-state index < -0.39 is 0 Å². The lowest BCUT2D eigenvalue weighted by Gasteiger charge is -2.46. The largest absolute Gasteiger partial charge is 0.330 e. The monoisotopic (exact) mass is 238 g/mol. The standard InChI is InChI=1S/C15H30N2/c1-11-4-5-14(8-16)15(7-11)17-9-12(2)6-13(3)10-17/h11-15H,4-10,16H2,1-3H3. The van der Waals surface area contributed by atoms with E-state index in [1.807, 2.05) is 0 Å². The van der Waals surface area contributed by atoms with Gasteiger partial charge in [-0.3, -0.25) is 4.90 Å². The van der Waals surface area contributed by atoms with Crippen molar-refractivity contribution in [2.75, 3.05) is 19.6 Å². The van der Waals surface area contributed by atoms with E-state index in [2.05, 4.69) is 25.7 Å². The fourth-order valence-corrected chi connectivity index (χ4v) is 4.12. The minimum Gasteiger partial charge on any atom is -0.330 e. The Morgan fingerprint density at radius 1 is 0.941 bits per heavy atom. The molecule has 17 heavy (non-hydrogen) atoms. The summed E-state index contributed by atoms with van der Waals surface area (Å²) >= 11 is 0. The van der Waals surface area contributed by atoms with Crippen LogP contribution in [0.5, 0.6) is 0 Å². The second-order valence-corrected chi connectivity index (χ2v) is 6.88. The number of hydrogen-bond acceptors (Lipinski definition) is 2. The van der Waals surface area contributed by atoms with Gasteiger partial charge in [-0.1, -0.05) is 27.2 Å². The maximum atomic E-state index is 5.99. The molecule has 100 valence electrons. The highest BCUT2D eigenvalue weighted by atomic mass is 15.2. The third kappa shape index (κ3) is 3.23. The van der Waals surface area contributed by atoms with Crippen LogP contribution in [0.15, 0.2) is 0 Å². The summed E-state index contributed by atoms with van der Waals surface area (Å²) in [5.74, 6) is 3.39. The molecule has 2 aliphatic rings. The molecule has 1 aliphatic carbocycles. The molecule has 0 spiro atoms. The van der Waals surface area contributed by atoms with E-state index in [0.717, 1.165) is 36.3 Å².